The molecule has 0 fully saturated rings. The van der Waals surface area contributed by atoms with Gasteiger partial charge in [-0.05, 0) is 73.9 Å². The molecule has 1 aromatic heterocycles. The van der Waals surface area contributed by atoms with Gasteiger partial charge in [0, 0.05) is 17.7 Å². The highest BCUT2D eigenvalue weighted by Crippen LogP contribution is 2.18. The fraction of sp³-hybridized carbons (Fsp3) is 0.273. The highest BCUT2D eigenvalue weighted by molar-refractivity contribution is 5.99. The van der Waals surface area contributed by atoms with Crippen molar-refractivity contribution in [1.82, 2.24) is 16.0 Å². The van der Waals surface area contributed by atoms with Gasteiger partial charge in [-0.1, -0.05) is 48.5 Å². The molecular formula is C33H37N3O5. The zero-order chi connectivity index (χ0) is 29.2. The molecule has 0 aliphatic rings. The minimum Gasteiger partial charge on any atom is -0.497 e. The molecule has 3 aromatic carbocycles. The minimum absolute atomic E-state index is 0.108. The Bertz CT molecular complexity index is 1390. The van der Waals surface area contributed by atoms with Gasteiger partial charge >= 0.3 is 0 Å². The van der Waals surface area contributed by atoms with Crippen LogP contribution in [0.15, 0.2) is 102 Å². The molecule has 4 N–H and O–H groups in total. The lowest BCUT2D eigenvalue weighted by Gasteiger charge is -2.26. The van der Waals surface area contributed by atoms with E-state index in [1.54, 1.807) is 37.6 Å². The van der Waals surface area contributed by atoms with E-state index < -0.39 is 12.1 Å². The van der Waals surface area contributed by atoms with E-state index in [0.717, 1.165) is 22.6 Å². The van der Waals surface area contributed by atoms with Gasteiger partial charge in [0.1, 0.15) is 11.5 Å². The smallest absolute Gasteiger partial charge is 0.251 e. The first-order valence-corrected chi connectivity index (χ1v) is 13.7. The Kier molecular flexibility index (Phi) is 10.3. The summed E-state index contributed by atoms with van der Waals surface area (Å²) in [4.78, 5) is 26.4. The average molecular weight is 556 g/mol. The highest BCUT2D eigenvalue weighted by atomic mass is 16.5. The van der Waals surface area contributed by atoms with Crippen molar-refractivity contribution in [3.63, 3.8) is 0 Å². The topological polar surface area (TPSA) is 113 Å². The van der Waals surface area contributed by atoms with Crippen molar-refractivity contribution in [2.24, 2.45) is 0 Å². The Balaban J connectivity index is 1.43. The number of methoxy groups -OCH3 is 1. The standard InChI is InChI=1S/C33H37N3O5/c1-22(25-14-16-28(40-3)17-15-25)35-32(38)26-11-7-12-27(20-26)33(39)36-29(19-24-9-5-4-6-10-24)30(37)21-34-23(2)31-13-8-18-41-31/h4-18,20,22-23,29-30,34,37H,19,21H2,1-3H3,(H,35,38)(H,36,39)/t22-,23?,29+,30-/m1/s1. The molecule has 214 valence electrons. The number of hydrogen-bond donors (Lipinski definition) is 4. The maximum absolute atomic E-state index is 13.4. The van der Waals surface area contributed by atoms with Crippen molar-refractivity contribution in [1.29, 1.82) is 0 Å². The van der Waals surface area contributed by atoms with Crippen LogP contribution >= 0.6 is 0 Å². The second-order valence-electron chi connectivity index (χ2n) is 10.0. The van der Waals surface area contributed by atoms with Crippen LogP contribution < -0.4 is 20.7 Å². The fourth-order valence-electron chi connectivity index (χ4n) is 4.54. The molecule has 0 radical (unpaired) electrons. The van der Waals surface area contributed by atoms with Crippen LogP contribution in [0.5, 0.6) is 5.75 Å². The SMILES string of the molecule is COc1ccc([C@@H](C)NC(=O)c2cccc(C(=O)N[C@@H](Cc3ccccc3)[C@H](O)CNC(C)c3ccco3)c2)cc1. The summed E-state index contributed by atoms with van der Waals surface area (Å²) in [5, 5.41) is 20.4. The monoisotopic (exact) mass is 555 g/mol. The molecule has 0 saturated carbocycles. The number of ether oxygens (including phenoxy) is 1. The van der Waals surface area contributed by atoms with E-state index in [1.807, 2.05) is 80.6 Å². The van der Waals surface area contributed by atoms with E-state index >= 15 is 0 Å². The summed E-state index contributed by atoms with van der Waals surface area (Å²) in [6.45, 7) is 4.08. The molecule has 0 saturated heterocycles. The maximum atomic E-state index is 13.4. The van der Waals surface area contributed by atoms with Gasteiger partial charge in [0.05, 0.1) is 37.6 Å². The van der Waals surface area contributed by atoms with Gasteiger partial charge in [-0.2, -0.15) is 0 Å². The second kappa shape index (κ2) is 14.3. The first-order valence-electron chi connectivity index (χ1n) is 13.7. The summed E-state index contributed by atoms with van der Waals surface area (Å²) in [5.74, 6) is 0.837. The van der Waals surface area contributed by atoms with E-state index in [4.69, 9.17) is 9.15 Å². The molecular weight excluding hydrogens is 518 g/mol. The molecule has 8 heteroatoms. The summed E-state index contributed by atoms with van der Waals surface area (Å²) < 4.78 is 10.6. The van der Waals surface area contributed by atoms with Gasteiger partial charge in [-0.3, -0.25) is 9.59 Å². The fourth-order valence-corrected chi connectivity index (χ4v) is 4.54. The van der Waals surface area contributed by atoms with Crippen LogP contribution in [-0.4, -0.2) is 42.7 Å². The number of nitrogens with one attached hydrogen (secondary N) is 3. The Morgan fingerprint density at radius 1 is 0.829 bits per heavy atom. The molecule has 4 aromatic rings. The maximum Gasteiger partial charge on any atom is 0.251 e. The quantitative estimate of drug-likeness (QED) is 0.188. The van der Waals surface area contributed by atoms with Crippen molar-refractivity contribution >= 4 is 11.8 Å². The van der Waals surface area contributed by atoms with Gasteiger partial charge in [-0.25, -0.2) is 0 Å². The Hall–Kier alpha value is -4.40. The minimum atomic E-state index is -0.881. The number of amides is 2. The lowest BCUT2D eigenvalue weighted by molar-refractivity contribution is 0.0824. The number of benzene rings is 3. The molecule has 0 aliphatic heterocycles. The lowest BCUT2D eigenvalue weighted by atomic mass is 10.00. The van der Waals surface area contributed by atoms with Crippen molar-refractivity contribution < 1.29 is 23.8 Å². The van der Waals surface area contributed by atoms with Gasteiger partial charge in [0.25, 0.3) is 11.8 Å². The zero-order valence-electron chi connectivity index (χ0n) is 23.5. The molecule has 8 nitrogen and oxygen atoms in total. The number of aliphatic hydroxyl groups is 1. The number of hydrogen-bond acceptors (Lipinski definition) is 6. The van der Waals surface area contributed by atoms with Crippen LogP contribution in [0.1, 0.15) is 63.5 Å². The number of carbonyl (C=O) groups excluding carboxylic acids is 2. The zero-order valence-corrected chi connectivity index (χ0v) is 23.5. The van der Waals surface area contributed by atoms with Crippen molar-refractivity contribution in [3.05, 3.63) is 125 Å². The van der Waals surface area contributed by atoms with Gasteiger partial charge in [-0.15, -0.1) is 0 Å². The van der Waals surface area contributed by atoms with Crippen LogP contribution in [0.25, 0.3) is 0 Å². The van der Waals surface area contributed by atoms with Crippen LogP contribution in [0.2, 0.25) is 0 Å². The van der Waals surface area contributed by atoms with Crippen LogP contribution in [0, 0.1) is 0 Å². The van der Waals surface area contributed by atoms with Gasteiger partial charge in [0.2, 0.25) is 0 Å². The van der Waals surface area contributed by atoms with Crippen LogP contribution in [0.4, 0.5) is 0 Å². The third-order valence-corrected chi connectivity index (χ3v) is 7.03. The molecule has 1 heterocycles. The largest absolute Gasteiger partial charge is 0.497 e. The van der Waals surface area contributed by atoms with Crippen LogP contribution in [0.3, 0.4) is 0 Å². The number of furan rings is 1. The molecule has 1 unspecified atom stereocenters. The third-order valence-electron chi connectivity index (χ3n) is 7.03. The molecule has 4 atom stereocenters. The van der Waals surface area contributed by atoms with Crippen molar-refractivity contribution in [3.8, 4) is 5.75 Å². The van der Waals surface area contributed by atoms with E-state index in [-0.39, 0.29) is 30.4 Å². The highest BCUT2D eigenvalue weighted by Gasteiger charge is 2.24. The lowest BCUT2D eigenvalue weighted by Crippen LogP contribution is -2.49. The van der Waals surface area contributed by atoms with E-state index in [0.29, 0.717) is 17.5 Å². The summed E-state index contributed by atoms with van der Waals surface area (Å²) >= 11 is 0. The van der Waals surface area contributed by atoms with E-state index in [1.165, 1.54) is 0 Å². The van der Waals surface area contributed by atoms with Crippen molar-refractivity contribution in [2.75, 3.05) is 13.7 Å². The molecule has 0 aliphatic carbocycles. The normalized spacial score (nSPS) is 14.0. The summed E-state index contributed by atoms with van der Waals surface area (Å²) in [6.07, 6.45) is 1.16. The second-order valence-corrected chi connectivity index (χ2v) is 10.0. The molecule has 4 rings (SSSR count). The van der Waals surface area contributed by atoms with Crippen LogP contribution in [-0.2, 0) is 6.42 Å². The van der Waals surface area contributed by atoms with E-state index in [2.05, 4.69) is 16.0 Å². The number of aliphatic hydroxyl groups excluding tert-OH is 1. The summed E-state index contributed by atoms with van der Waals surface area (Å²) in [5.41, 5.74) is 2.61. The number of carbonyl (C=O) groups is 2. The van der Waals surface area contributed by atoms with Crippen molar-refractivity contribution in [2.45, 2.75) is 44.5 Å². The van der Waals surface area contributed by atoms with Gasteiger partial charge in [0.15, 0.2) is 0 Å². The molecule has 0 bridgehead atoms. The predicted molar refractivity (Wildman–Crippen MR) is 158 cm³/mol. The van der Waals surface area contributed by atoms with E-state index in [9.17, 15) is 14.7 Å². The van der Waals surface area contributed by atoms with Gasteiger partial charge < -0.3 is 30.2 Å². The Morgan fingerprint density at radius 3 is 2.15 bits per heavy atom. The molecule has 2 amide bonds. The molecule has 0 spiro atoms. The molecule has 41 heavy (non-hydrogen) atoms. The number of rotatable bonds is 13. The Labute approximate surface area is 240 Å². The first kappa shape index (κ1) is 29.6. The average Bonchev–Trinajstić information content (AvgIpc) is 3.55. The summed E-state index contributed by atoms with van der Waals surface area (Å²) in [6, 6.07) is 26.5. The summed E-state index contributed by atoms with van der Waals surface area (Å²) in [7, 11) is 1.61. The first-order chi connectivity index (χ1) is 19.8. The third kappa shape index (κ3) is 8.30. The predicted octanol–water partition coefficient (Wildman–Crippen LogP) is 4.83. The Morgan fingerprint density at radius 2 is 1.51 bits per heavy atom.